The number of aryl methyl sites for hydroxylation is 2. The Kier molecular flexibility index (Phi) is 4.84. The van der Waals surface area contributed by atoms with Gasteiger partial charge in [-0.05, 0) is 73.0 Å². The summed E-state index contributed by atoms with van der Waals surface area (Å²) in [5, 5.41) is 0. The fraction of sp³-hybridized carbons (Fsp3) is 0.300. The maximum atomic E-state index is 14.8. The molecule has 1 aliphatic carbocycles. The number of hydrogen-bond donors (Lipinski definition) is 0. The first-order chi connectivity index (χ1) is 14.1. The van der Waals surface area contributed by atoms with Gasteiger partial charge in [0, 0.05) is 16.2 Å². The standard InChI is InChI=1S/C20H19FIN3O4S/c1-4-7-20(8-9-20)30(28,29)25-16-10-12(2)18(26)23(3)17(16)24(19(25)27)15-6-5-13(22)11-14(15)21/h4-6,10-11H,1,7-9H2,2-3H3. The molecule has 4 rings (SSSR count). The molecule has 1 fully saturated rings. The fourth-order valence-electron chi connectivity index (χ4n) is 3.84. The summed E-state index contributed by atoms with van der Waals surface area (Å²) in [6.45, 7) is 5.18. The van der Waals surface area contributed by atoms with Crippen LogP contribution in [0.4, 0.5) is 4.39 Å². The third-order valence-electron chi connectivity index (χ3n) is 5.60. The van der Waals surface area contributed by atoms with Gasteiger partial charge in [-0.3, -0.25) is 9.36 Å². The lowest BCUT2D eigenvalue weighted by atomic mass is 10.2. The van der Waals surface area contributed by atoms with Gasteiger partial charge < -0.3 is 0 Å². The minimum absolute atomic E-state index is 0.0219. The SMILES string of the molecule is C=CCC1(S(=O)(=O)n2c(=O)n(-c3ccc(I)cc3F)c3c2cc(C)c(=O)n3C)CC1. The number of allylic oxidation sites excluding steroid dienone is 1. The number of imidazole rings is 1. The molecule has 7 nitrogen and oxygen atoms in total. The third kappa shape index (κ3) is 2.83. The average molecular weight is 543 g/mol. The van der Waals surface area contributed by atoms with E-state index in [2.05, 4.69) is 6.58 Å². The second-order valence-corrected chi connectivity index (χ2v) is 11.0. The van der Waals surface area contributed by atoms with Crippen LogP contribution in [0.15, 0.2) is 46.5 Å². The lowest BCUT2D eigenvalue weighted by Gasteiger charge is -2.15. The minimum Gasteiger partial charge on any atom is -0.295 e. The monoisotopic (exact) mass is 543 g/mol. The van der Waals surface area contributed by atoms with Crippen molar-refractivity contribution in [1.82, 2.24) is 13.1 Å². The maximum absolute atomic E-state index is 14.8. The summed E-state index contributed by atoms with van der Waals surface area (Å²) in [5.41, 5.74) is -1.10. The molecule has 1 aromatic carbocycles. The van der Waals surface area contributed by atoms with Crippen LogP contribution in [0, 0.1) is 16.3 Å². The van der Waals surface area contributed by atoms with Gasteiger partial charge in [-0.1, -0.05) is 6.08 Å². The molecule has 1 aliphatic rings. The highest BCUT2D eigenvalue weighted by Crippen LogP contribution is 2.48. The van der Waals surface area contributed by atoms with Crippen molar-refractivity contribution in [2.24, 2.45) is 7.05 Å². The molecular weight excluding hydrogens is 524 g/mol. The Morgan fingerprint density at radius 2 is 1.93 bits per heavy atom. The van der Waals surface area contributed by atoms with Gasteiger partial charge in [-0.25, -0.2) is 22.2 Å². The number of pyridine rings is 1. The van der Waals surface area contributed by atoms with Crippen LogP contribution in [0.1, 0.15) is 24.8 Å². The number of benzene rings is 1. The molecule has 2 heterocycles. The van der Waals surface area contributed by atoms with Gasteiger partial charge >= 0.3 is 5.69 Å². The van der Waals surface area contributed by atoms with Crippen molar-refractivity contribution >= 4 is 43.8 Å². The number of rotatable bonds is 5. The van der Waals surface area contributed by atoms with Gasteiger partial charge in [0.1, 0.15) is 17.0 Å². The van der Waals surface area contributed by atoms with Crippen LogP contribution in [0.3, 0.4) is 0 Å². The summed E-state index contributed by atoms with van der Waals surface area (Å²) in [7, 11) is -2.69. The first kappa shape index (κ1) is 21.0. The fourth-order valence-corrected chi connectivity index (χ4v) is 6.31. The van der Waals surface area contributed by atoms with E-state index in [0.717, 1.165) is 8.54 Å². The van der Waals surface area contributed by atoms with E-state index in [0.29, 0.717) is 16.4 Å². The molecule has 0 bridgehead atoms. The van der Waals surface area contributed by atoms with Crippen molar-refractivity contribution in [3.05, 3.63) is 72.7 Å². The van der Waals surface area contributed by atoms with Crippen LogP contribution in [-0.2, 0) is 17.1 Å². The first-order valence-electron chi connectivity index (χ1n) is 9.21. The van der Waals surface area contributed by atoms with Crippen LogP contribution in [-0.4, -0.2) is 26.3 Å². The average Bonchev–Trinajstić information content (AvgIpc) is 3.40. The summed E-state index contributed by atoms with van der Waals surface area (Å²) in [6.07, 6.45) is 2.54. The number of nitrogens with zero attached hydrogens (tertiary/aromatic N) is 3. The van der Waals surface area contributed by atoms with Crippen LogP contribution in [0.5, 0.6) is 0 Å². The van der Waals surface area contributed by atoms with Gasteiger partial charge in [-0.2, -0.15) is 3.97 Å². The Labute approximate surface area is 185 Å². The van der Waals surface area contributed by atoms with E-state index in [1.165, 1.54) is 35.9 Å². The van der Waals surface area contributed by atoms with Crippen LogP contribution < -0.4 is 11.2 Å². The lowest BCUT2D eigenvalue weighted by molar-refractivity contribution is 0.565. The number of hydrogen-bond acceptors (Lipinski definition) is 4. The molecule has 3 aromatic rings. The van der Waals surface area contributed by atoms with E-state index >= 15 is 0 Å². The molecule has 0 N–H and O–H groups in total. The van der Waals surface area contributed by atoms with E-state index in [1.807, 2.05) is 22.6 Å². The van der Waals surface area contributed by atoms with Crippen molar-refractivity contribution in [1.29, 1.82) is 0 Å². The largest absolute Gasteiger partial charge is 0.348 e. The molecule has 30 heavy (non-hydrogen) atoms. The van der Waals surface area contributed by atoms with Gasteiger partial charge in [0.15, 0.2) is 0 Å². The zero-order valence-corrected chi connectivity index (χ0v) is 19.3. The summed E-state index contributed by atoms with van der Waals surface area (Å²) >= 11 is 1.94. The third-order valence-corrected chi connectivity index (χ3v) is 8.77. The normalized spacial score (nSPS) is 15.5. The highest BCUT2D eigenvalue weighted by atomic mass is 127. The smallest absolute Gasteiger partial charge is 0.295 e. The molecule has 0 radical (unpaired) electrons. The van der Waals surface area contributed by atoms with Crippen LogP contribution in [0.2, 0.25) is 0 Å². The van der Waals surface area contributed by atoms with E-state index in [9.17, 15) is 22.4 Å². The molecule has 0 spiro atoms. The van der Waals surface area contributed by atoms with E-state index in [4.69, 9.17) is 0 Å². The molecular formula is C20H19FIN3O4S. The molecule has 0 aliphatic heterocycles. The summed E-state index contributed by atoms with van der Waals surface area (Å²) in [6, 6.07) is 5.62. The highest BCUT2D eigenvalue weighted by molar-refractivity contribution is 14.1. The quantitative estimate of drug-likeness (QED) is 0.366. The van der Waals surface area contributed by atoms with Gasteiger partial charge in [0.2, 0.25) is 10.0 Å². The number of halogens is 2. The predicted molar refractivity (Wildman–Crippen MR) is 121 cm³/mol. The van der Waals surface area contributed by atoms with Crippen LogP contribution in [0.25, 0.3) is 16.9 Å². The van der Waals surface area contributed by atoms with Crippen LogP contribution >= 0.6 is 22.6 Å². The maximum Gasteiger partial charge on any atom is 0.348 e. The number of fused-ring (bicyclic) bond motifs is 1. The van der Waals surface area contributed by atoms with Crippen molar-refractivity contribution in [2.75, 3.05) is 0 Å². The molecule has 0 saturated heterocycles. The Balaban J connectivity index is 2.19. The molecule has 2 aromatic heterocycles. The van der Waals surface area contributed by atoms with Crippen molar-refractivity contribution in [2.45, 2.75) is 30.9 Å². The van der Waals surface area contributed by atoms with Crippen molar-refractivity contribution in [3.8, 4) is 5.69 Å². The molecule has 1 saturated carbocycles. The Morgan fingerprint density at radius 1 is 1.27 bits per heavy atom. The second kappa shape index (κ2) is 6.91. The molecule has 0 amide bonds. The van der Waals surface area contributed by atoms with E-state index in [-0.39, 0.29) is 28.8 Å². The molecule has 10 heteroatoms. The first-order valence-corrected chi connectivity index (χ1v) is 11.7. The number of aromatic nitrogens is 3. The topological polar surface area (TPSA) is 83.1 Å². The zero-order valence-electron chi connectivity index (χ0n) is 16.4. The van der Waals surface area contributed by atoms with E-state index < -0.39 is 31.8 Å². The minimum atomic E-state index is -4.13. The van der Waals surface area contributed by atoms with Gasteiger partial charge in [0.05, 0.1) is 10.4 Å². The summed E-state index contributed by atoms with van der Waals surface area (Å²) < 4.78 is 44.3. The molecule has 0 atom stereocenters. The van der Waals surface area contributed by atoms with E-state index in [1.54, 1.807) is 13.0 Å². The summed E-state index contributed by atoms with van der Waals surface area (Å²) in [5.74, 6) is -0.694. The zero-order chi connectivity index (χ0) is 22.0. The summed E-state index contributed by atoms with van der Waals surface area (Å²) in [4.78, 5) is 26.0. The van der Waals surface area contributed by atoms with Gasteiger partial charge in [0.25, 0.3) is 5.56 Å². The molecule has 0 unspecified atom stereocenters. The van der Waals surface area contributed by atoms with Crippen molar-refractivity contribution < 1.29 is 12.8 Å². The Morgan fingerprint density at radius 3 is 2.50 bits per heavy atom. The Hall–Kier alpha value is -2.21. The highest BCUT2D eigenvalue weighted by Gasteiger charge is 2.55. The van der Waals surface area contributed by atoms with Gasteiger partial charge in [-0.15, -0.1) is 6.58 Å². The predicted octanol–water partition coefficient (Wildman–Crippen LogP) is 2.83. The lowest BCUT2D eigenvalue weighted by Crippen LogP contribution is -2.37. The Bertz CT molecular complexity index is 1450. The second-order valence-electron chi connectivity index (χ2n) is 7.56. The molecule has 158 valence electrons. The van der Waals surface area contributed by atoms with Crippen molar-refractivity contribution in [3.63, 3.8) is 0 Å².